The van der Waals surface area contributed by atoms with Crippen LogP contribution in [0.2, 0.25) is 0 Å². The zero-order valence-corrected chi connectivity index (χ0v) is 16.1. The molecule has 10 nitrogen and oxygen atoms in total. The summed E-state index contributed by atoms with van der Waals surface area (Å²) in [4.78, 5) is 29.1. The van der Waals surface area contributed by atoms with Crippen LogP contribution in [0, 0.1) is 16.0 Å². The fourth-order valence-electron chi connectivity index (χ4n) is 3.60. The molecule has 1 aliphatic heterocycles. The Morgan fingerprint density at radius 2 is 2.14 bits per heavy atom. The third-order valence-electron chi connectivity index (χ3n) is 5.12. The third kappa shape index (κ3) is 3.90. The van der Waals surface area contributed by atoms with Crippen molar-refractivity contribution >= 4 is 23.2 Å². The summed E-state index contributed by atoms with van der Waals surface area (Å²) in [6.07, 6.45) is 3.61. The van der Waals surface area contributed by atoms with Gasteiger partial charge in [-0.15, -0.1) is 0 Å². The quantitative estimate of drug-likeness (QED) is 0.544. The zero-order valence-electron chi connectivity index (χ0n) is 16.1. The number of anilines is 2. The maximum Gasteiger partial charge on any atom is 0.333 e. The Morgan fingerprint density at radius 3 is 2.75 bits per heavy atom. The number of piperidine rings is 1. The number of nitrogens with one attached hydrogen (secondary N) is 1. The Bertz CT molecular complexity index is 872. The summed E-state index contributed by atoms with van der Waals surface area (Å²) in [5.41, 5.74) is 6.80. The average Bonchev–Trinajstić information content (AvgIpc) is 3.02. The van der Waals surface area contributed by atoms with Gasteiger partial charge in [-0.05, 0) is 25.3 Å². The normalized spacial score (nSPS) is 14.9. The number of nitrogens with two attached hydrogens (primary N) is 1. The van der Waals surface area contributed by atoms with Crippen molar-refractivity contribution in [1.29, 1.82) is 0 Å². The highest BCUT2D eigenvalue weighted by Gasteiger charge is 2.27. The predicted octanol–water partition coefficient (Wildman–Crippen LogP) is 1.60. The van der Waals surface area contributed by atoms with Crippen LogP contribution >= 0.6 is 0 Å². The number of hydrogen-bond acceptors (Lipinski definition) is 7. The van der Waals surface area contributed by atoms with Gasteiger partial charge < -0.3 is 16.0 Å². The van der Waals surface area contributed by atoms with Gasteiger partial charge in [0, 0.05) is 44.4 Å². The van der Waals surface area contributed by atoms with Crippen LogP contribution in [-0.4, -0.2) is 38.7 Å². The molecule has 1 fully saturated rings. The van der Waals surface area contributed by atoms with Gasteiger partial charge in [-0.1, -0.05) is 13.0 Å². The number of carbonyl (C=O) groups excluding carboxylic acids is 1. The summed E-state index contributed by atoms with van der Waals surface area (Å²) < 4.78 is 1.51. The number of aromatic nitrogens is 3. The Kier molecular flexibility index (Phi) is 5.76. The van der Waals surface area contributed by atoms with E-state index in [2.05, 4.69) is 20.3 Å². The van der Waals surface area contributed by atoms with Gasteiger partial charge >= 0.3 is 5.69 Å². The van der Waals surface area contributed by atoms with Gasteiger partial charge in [0.1, 0.15) is 11.5 Å². The highest BCUT2D eigenvalue weighted by atomic mass is 16.6. The van der Waals surface area contributed by atoms with Crippen LogP contribution < -0.4 is 16.0 Å². The van der Waals surface area contributed by atoms with Crippen LogP contribution in [0.3, 0.4) is 0 Å². The summed E-state index contributed by atoms with van der Waals surface area (Å²) in [6.45, 7) is 3.61. The molecule has 0 radical (unpaired) electrons. The van der Waals surface area contributed by atoms with Gasteiger partial charge in [-0.25, -0.2) is 9.67 Å². The molecule has 0 spiro atoms. The standard InChI is InChI=1S/C18H25N7O3/c1-3-14-15(25(27)28)18(23(2)22-14)21-11-13-5-4-8-20-17(13)24-9-6-12(7-10-24)16(19)26/h4-5,8,12,21H,3,6-7,9-11H2,1-2H3,(H2,19,26). The maximum atomic E-state index is 11.5. The Morgan fingerprint density at radius 1 is 1.43 bits per heavy atom. The fourth-order valence-corrected chi connectivity index (χ4v) is 3.60. The minimum atomic E-state index is -0.396. The fraction of sp³-hybridized carbons (Fsp3) is 0.500. The van der Waals surface area contributed by atoms with E-state index in [0.717, 1.165) is 11.4 Å². The van der Waals surface area contributed by atoms with Crippen molar-refractivity contribution < 1.29 is 9.72 Å². The number of carbonyl (C=O) groups is 1. The van der Waals surface area contributed by atoms with Crippen LogP contribution in [0.15, 0.2) is 18.3 Å². The number of rotatable bonds is 7. The van der Waals surface area contributed by atoms with E-state index < -0.39 is 4.92 Å². The van der Waals surface area contributed by atoms with E-state index in [1.54, 1.807) is 13.2 Å². The molecule has 0 aromatic carbocycles. The molecule has 10 heteroatoms. The molecule has 0 atom stereocenters. The second kappa shape index (κ2) is 8.24. The number of primary amides is 1. The van der Waals surface area contributed by atoms with Gasteiger partial charge in [-0.2, -0.15) is 5.10 Å². The minimum absolute atomic E-state index is 0.0118. The van der Waals surface area contributed by atoms with Crippen LogP contribution in [0.1, 0.15) is 31.0 Å². The van der Waals surface area contributed by atoms with Crippen LogP contribution in [0.4, 0.5) is 17.3 Å². The van der Waals surface area contributed by atoms with E-state index in [1.165, 1.54) is 4.68 Å². The van der Waals surface area contributed by atoms with E-state index in [-0.39, 0.29) is 17.5 Å². The first kappa shape index (κ1) is 19.6. The number of pyridine rings is 1. The van der Waals surface area contributed by atoms with Crippen molar-refractivity contribution in [1.82, 2.24) is 14.8 Å². The SMILES string of the molecule is CCc1nn(C)c(NCc2cccnc2N2CCC(C(N)=O)CC2)c1[N+](=O)[O-]. The van der Waals surface area contributed by atoms with Crippen molar-refractivity contribution in [3.05, 3.63) is 39.7 Å². The summed E-state index contributed by atoms with van der Waals surface area (Å²) in [5, 5.41) is 18.9. The van der Waals surface area contributed by atoms with E-state index >= 15 is 0 Å². The number of hydrogen-bond donors (Lipinski definition) is 2. The molecule has 0 bridgehead atoms. The highest BCUT2D eigenvalue weighted by Crippen LogP contribution is 2.30. The lowest BCUT2D eigenvalue weighted by Crippen LogP contribution is -2.39. The van der Waals surface area contributed by atoms with E-state index in [1.807, 2.05) is 19.1 Å². The molecule has 2 aromatic heterocycles. The Labute approximate surface area is 162 Å². The van der Waals surface area contributed by atoms with E-state index in [0.29, 0.717) is 50.4 Å². The Balaban J connectivity index is 1.78. The molecule has 2 aromatic rings. The van der Waals surface area contributed by atoms with Crippen molar-refractivity contribution in [3.8, 4) is 0 Å². The van der Waals surface area contributed by atoms with Crippen molar-refractivity contribution in [2.45, 2.75) is 32.7 Å². The van der Waals surface area contributed by atoms with Gasteiger partial charge in [-0.3, -0.25) is 14.9 Å². The average molecular weight is 387 g/mol. The maximum absolute atomic E-state index is 11.5. The molecule has 3 heterocycles. The topological polar surface area (TPSA) is 132 Å². The van der Waals surface area contributed by atoms with Gasteiger partial charge in [0.05, 0.1) is 4.92 Å². The molecular weight excluding hydrogens is 362 g/mol. The van der Waals surface area contributed by atoms with Crippen molar-refractivity contribution in [3.63, 3.8) is 0 Å². The molecule has 28 heavy (non-hydrogen) atoms. The lowest BCUT2D eigenvalue weighted by molar-refractivity contribution is -0.384. The van der Waals surface area contributed by atoms with Gasteiger partial charge in [0.2, 0.25) is 11.7 Å². The largest absolute Gasteiger partial charge is 0.369 e. The van der Waals surface area contributed by atoms with Crippen molar-refractivity contribution in [2.24, 2.45) is 18.7 Å². The highest BCUT2D eigenvalue weighted by molar-refractivity contribution is 5.77. The first-order valence-electron chi connectivity index (χ1n) is 9.34. The van der Waals surface area contributed by atoms with Gasteiger partial charge in [0.15, 0.2) is 0 Å². The molecule has 1 aliphatic rings. The lowest BCUT2D eigenvalue weighted by atomic mass is 9.96. The predicted molar refractivity (Wildman–Crippen MR) is 105 cm³/mol. The van der Waals surface area contributed by atoms with Crippen molar-refractivity contribution in [2.75, 3.05) is 23.3 Å². The molecule has 1 saturated heterocycles. The monoisotopic (exact) mass is 387 g/mol. The molecule has 3 rings (SSSR count). The first-order chi connectivity index (χ1) is 13.4. The van der Waals surface area contributed by atoms with E-state index in [9.17, 15) is 14.9 Å². The summed E-state index contributed by atoms with van der Waals surface area (Å²) >= 11 is 0. The van der Waals surface area contributed by atoms with Crippen LogP contribution in [-0.2, 0) is 24.8 Å². The number of nitrogens with zero attached hydrogens (tertiary/aromatic N) is 5. The molecule has 3 N–H and O–H groups in total. The molecule has 0 saturated carbocycles. The van der Waals surface area contributed by atoms with Gasteiger partial charge in [0.25, 0.3) is 0 Å². The minimum Gasteiger partial charge on any atom is -0.369 e. The van der Waals surface area contributed by atoms with Crippen LogP contribution in [0.5, 0.6) is 0 Å². The molecule has 0 unspecified atom stereocenters. The molecule has 0 aliphatic carbocycles. The van der Waals surface area contributed by atoms with Crippen LogP contribution in [0.25, 0.3) is 0 Å². The smallest absolute Gasteiger partial charge is 0.333 e. The third-order valence-corrected chi connectivity index (χ3v) is 5.12. The second-order valence-corrected chi connectivity index (χ2v) is 6.88. The summed E-state index contributed by atoms with van der Waals surface area (Å²) in [6, 6.07) is 3.78. The number of nitro groups is 1. The Hall–Kier alpha value is -3.17. The zero-order chi connectivity index (χ0) is 20.3. The molecule has 1 amide bonds. The molecular formula is C18H25N7O3. The molecule has 150 valence electrons. The summed E-state index contributed by atoms with van der Waals surface area (Å²) in [5.74, 6) is 0.853. The summed E-state index contributed by atoms with van der Waals surface area (Å²) in [7, 11) is 1.69. The number of amides is 1. The first-order valence-corrected chi connectivity index (χ1v) is 9.34. The lowest BCUT2D eigenvalue weighted by Gasteiger charge is -2.32. The number of aryl methyl sites for hydroxylation is 2. The second-order valence-electron chi connectivity index (χ2n) is 6.88. The van der Waals surface area contributed by atoms with E-state index in [4.69, 9.17) is 5.73 Å².